The van der Waals surface area contributed by atoms with Crippen molar-refractivity contribution in [1.82, 2.24) is 0 Å². The van der Waals surface area contributed by atoms with Gasteiger partial charge in [-0.15, -0.1) is 0 Å². The molecule has 0 heterocycles. The summed E-state index contributed by atoms with van der Waals surface area (Å²) in [4.78, 5) is 0. The zero-order valence-corrected chi connectivity index (χ0v) is 18.8. The molecule has 160 valence electrons. The van der Waals surface area contributed by atoms with Gasteiger partial charge in [-0.05, 0) is 106 Å². The quantitative estimate of drug-likeness (QED) is 0.303. The van der Waals surface area contributed by atoms with E-state index < -0.39 is 0 Å². The summed E-state index contributed by atoms with van der Waals surface area (Å²) in [7, 11) is 0. The fourth-order valence-corrected chi connectivity index (χ4v) is 5.46. The Kier molecular flexibility index (Phi) is 9.54. The number of hydrogen-bond donors (Lipinski definition) is 0. The van der Waals surface area contributed by atoms with Crippen LogP contribution in [0, 0.1) is 17.8 Å². The normalized spacial score (nSPS) is 28.3. The molecule has 2 aliphatic rings. The SMILES string of the molecule is C/C=C/CCOCc1ccc(C2CCC(C3CCC(/C=C/CC)CC3)CC2)cc1. The Morgan fingerprint density at radius 1 is 0.862 bits per heavy atom. The lowest BCUT2D eigenvalue weighted by molar-refractivity contribution is 0.125. The smallest absolute Gasteiger partial charge is 0.0717 e. The van der Waals surface area contributed by atoms with Gasteiger partial charge in [-0.1, -0.05) is 55.5 Å². The van der Waals surface area contributed by atoms with Crippen LogP contribution in [-0.2, 0) is 11.3 Å². The second kappa shape index (κ2) is 12.4. The van der Waals surface area contributed by atoms with Crippen LogP contribution in [0.3, 0.4) is 0 Å². The fourth-order valence-electron chi connectivity index (χ4n) is 5.46. The van der Waals surface area contributed by atoms with Crippen LogP contribution in [0.2, 0.25) is 0 Å². The molecule has 1 aromatic carbocycles. The van der Waals surface area contributed by atoms with E-state index in [4.69, 9.17) is 4.74 Å². The maximum atomic E-state index is 5.76. The second-order valence-electron chi connectivity index (χ2n) is 9.27. The molecular formula is C28H42O. The highest BCUT2D eigenvalue weighted by atomic mass is 16.5. The van der Waals surface area contributed by atoms with Crippen molar-refractivity contribution < 1.29 is 4.74 Å². The molecule has 1 heteroatoms. The van der Waals surface area contributed by atoms with Crippen molar-refractivity contribution in [2.75, 3.05) is 6.61 Å². The van der Waals surface area contributed by atoms with Crippen LogP contribution < -0.4 is 0 Å². The molecule has 0 amide bonds. The number of hydrogen-bond acceptors (Lipinski definition) is 1. The number of ether oxygens (including phenoxy) is 1. The van der Waals surface area contributed by atoms with Gasteiger partial charge in [-0.25, -0.2) is 0 Å². The Labute approximate surface area is 179 Å². The van der Waals surface area contributed by atoms with Gasteiger partial charge in [-0.3, -0.25) is 0 Å². The predicted molar refractivity (Wildman–Crippen MR) is 125 cm³/mol. The average molecular weight is 395 g/mol. The molecule has 1 aromatic rings. The summed E-state index contributed by atoms with van der Waals surface area (Å²) in [5, 5.41) is 0. The summed E-state index contributed by atoms with van der Waals surface area (Å²) in [5.41, 5.74) is 2.85. The van der Waals surface area contributed by atoms with Crippen LogP contribution in [0.1, 0.15) is 95.1 Å². The van der Waals surface area contributed by atoms with Crippen molar-refractivity contribution in [3.05, 3.63) is 59.7 Å². The van der Waals surface area contributed by atoms with E-state index in [0.717, 1.165) is 43.3 Å². The molecule has 0 N–H and O–H groups in total. The zero-order valence-electron chi connectivity index (χ0n) is 18.8. The summed E-state index contributed by atoms with van der Waals surface area (Å²) < 4.78 is 5.76. The van der Waals surface area contributed by atoms with E-state index in [1.807, 2.05) is 0 Å². The van der Waals surface area contributed by atoms with Crippen LogP contribution in [0.5, 0.6) is 0 Å². The number of benzene rings is 1. The molecule has 29 heavy (non-hydrogen) atoms. The van der Waals surface area contributed by atoms with E-state index in [2.05, 4.69) is 62.4 Å². The van der Waals surface area contributed by atoms with Crippen molar-refractivity contribution in [2.45, 2.75) is 90.6 Å². The maximum absolute atomic E-state index is 5.76. The van der Waals surface area contributed by atoms with Gasteiger partial charge in [0.1, 0.15) is 0 Å². The zero-order chi connectivity index (χ0) is 20.3. The molecule has 0 aromatic heterocycles. The Morgan fingerprint density at radius 2 is 1.52 bits per heavy atom. The van der Waals surface area contributed by atoms with Crippen LogP contribution in [-0.4, -0.2) is 6.61 Å². The van der Waals surface area contributed by atoms with Crippen LogP contribution >= 0.6 is 0 Å². The standard InChI is InChI=1S/C28H42O/c1-3-5-7-21-29-22-24-11-15-26(16-12-24)28-19-17-27(18-20-28)25-13-9-23(10-14-25)8-6-4-2/h3,5-6,8,11-12,15-16,23,25,27-28H,4,7,9-10,13-14,17-22H2,1-2H3/b5-3+,8-6+. The second-order valence-corrected chi connectivity index (χ2v) is 9.27. The molecule has 2 fully saturated rings. The first-order valence-electron chi connectivity index (χ1n) is 12.2. The Bertz CT molecular complexity index is 610. The molecule has 0 aliphatic heterocycles. The third-order valence-electron chi connectivity index (χ3n) is 7.28. The topological polar surface area (TPSA) is 9.23 Å². The van der Waals surface area contributed by atoms with Gasteiger partial charge in [-0.2, -0.15) is 0 Å². The van der Waals surface area contributed by atoms with Crippen molar-refractivity contribution in [1.29, 1.82) is 0 Å². The third-order valence-corrected chi connectivity index (χ3v) is 7.28. The molecule has 0 spiro atoms. The molecule has 3 rings (SSSR count). The molecular weight excluding hydrogens is 352 g/mol. The van der Waals surface area contributed by atoms with Crippen molar-refractivity contribution >= 4 is 0 Å². The summed E-state index contributed by atoms with van der Waals surface area (Å²) in [6.45, 7) is 5.85. The molecule has 1 nitrogen and oxygen atoms in total. The number of rotatable bonds is 9. The molecule has 0 saturated heterocycles. The predicted octanol–water partition coefficient (Wildman–Crippen LogP) is 8.22. The minimum absolute atomic E-state index is 0.737. The summed E-state index contributed by atoms with van der Waals surface area (Å²) in [6.07, 6.45) is 22.8. The van der Waals surface area contributed by atoms with Gasteiger partial charge in [0.05, 0.1) is 13.2 Å². The molecule has 0 radical (unpaired) electrons. The Hall–Kier alpha value is -1.34. The highest BCUT2D eigenvalue weighted by molar-refractivity contribution is 5.25. The third kappa shape index (κ3) is 7.14. The fraction of sp³-hybridized carbons (Fsp3) is 0.643. The van der Waals surface area contributed by atoms with E-state index in [1.165, 1.54) is 63.4 Å². The molecule has 2 aliphatic carbocycles. The average Bonchev–Trinajstić information content (AvgIpc) is 2.78. The van der Waals surface area contributed by atoms with E-state index in [0.29, 0.717) is 0 Å². The van der Waals surface area contributed by atoms with Crippen molar-refractivity contribution in [3.8, 4) is 0 Å². The van der Waals surface area contributed by atoms with Gasteiger partial charge in [0.2, 0.25) is 0 Å². The first kappa shape index (κ1) is 22.3. The van der Waals surface area contributed by atoms with Crippen LogP contribution in [0.4, 0.5) is 0 Å². The van der Waals surface area contributed by atoms with E-state index in [1.54, 1.807) is 5.56 Å². The lowest BCUT2D eigenvalue weighted by Gasteiger charge is -2.37. The Balaban J connectivity index is 1.38. The highest BCUT2D eigenvalue weighted by Crippen LogP contribution is 2.44. The minimum atomic E-state index is 0.737. The Morgan fingerprint density at radius 3 is 2.14 bits per heavy atom. The lowest BCUT2D eigenvalue weighted by atomic mass is 9.68. The van der Waals surface area contributed by atoms with Crippen molar-refractivity contribution in [2.24, 2.45) is 17.8 Å². The molecule has 0 atom stereocenters. The number of allylic oxidation sites excluding steroid dienone is 3. The van der Waals surface area contributed by atoms with Gasteiger partial charge >= 0.3 is 0 Å². The van der Waals surface area contributed by atoms with E-state index in [-0.39, 0.29) is 0 Å². The van der Waals surface area contributed by atoms with Gasteiger partial charge in [0, 0.05) is 0 Å². The summed E-state index contributed by atoms with van der Waals surface area (Å²) >= 11 is 0. The first-order chi connectivity index (χ1) is 14.3. The van der Waals surface area contributed by atoms with Gasteiger partial charge in [0.15, 0.2) is 0 Å². The first-order valence-corrected chi connectivity index (χ1v) is 12.2. The molecule has 0 bridgehead atoms. The summed E-state index contributed by atoms with van der Waals surface area (Å²) in [6, 6.07) is 9.28. The van der Waals surface area contributed by atoms with Gasteiger partial charge < -0.3 is 4.74 Å². The molecule has 2 saturated carbocycles. The summed E-state index contributed by atoms with van der Waals surface area (Å²) in [5.74, 6) is 3.64. The van der Waals surface area contributed by atoms with Crippen LogP contribution in [0.25, 0.3) is 0 Å². The van der Waals surface area contributed by atoms with Gasteiger partial charge in [0.25, 0.3) is 0 Å². The van der Waals surface area contributed by atoms with Crippen LogP contribution in [0.15, 0.2) is 48.6 Å². The van der Waals surface area contributed by atoms with E-state index >= 15 is 0 Å². The largest absolute Gasteiger partial charge is 0.376 e. The lowest BCUT2D eigenvalue weighted by Crippen LogP contribution is -2.25. The maximum Gasteiger partial charge on any atom is 0.0717 e. The highest BCUT2D eigenvalue weighted by Gasteiger charge is 2.30. The van der Waals surface area contributed by atoms with E-state index in [9.17, 15) is 0 Å². The minimum Gasteiger partial charge on any atom is -0.376 e. The monoisotopic (exact) mass is 394 g/mol. The molecule has 0 unspecified atom stereocenters. The van der Waals surface area contributed by atoms with Crippen molar-refractivity contribution in [3.63, 3.8) is 0 Å².